The second kappa shape index (κ2) is 4.26. The summed E-state index contributed by atoms with van der Waals surface area (Å²) in [5, 5.41) is 9.85. The summed E-state index contributed by atoms with van der Waals surface area (Å²) in [4.78, 5) is 8.49. The second-order valence-electron chi connectivity index (χ2n) is 3.62. The van der Waals surface area contributed by atoms with E-state index in [0.29, 0.717) is 22.7 Å². The summed E-state index contributed by atoms with van der Waals surface area (Å²) in [5.41, 5.74) is 1.84. The maximum absolute atomic E-state index is 13.1. The van der Waals surface area contributed by atoms with E-state index in [0.717, 1.165) is 0 Å². The van der Waals surface area contributed by atoms with Crippen LogP contribution in [-0.4, -0.2) is 20.2 Å². The van der Waals surface area contributed by atoms with Crippen LogP contribution in [0.3, 0.4) is 0 Å². The molecule has 0 saturated heterocycles. The highest BCUT2D eigenvalue weighted by Gasteiger charge is 2.07. The monoisotopic (exact) mass is 261 g/mol. The van der Waals surface area contributed by atoms with Crippen molar-refractivity contribution in [2.24, 2.45) is 0 Å². The Morgan fingerprint density at radius 1 is 1.22 bits per heavy atom. The highest BCUT2D eigenvalue weighted by atomic mass is 32.1. The molecule has 0 radical (unpaired) electrons. The lowest BCUT2D eigenvalue weighted by Gasteiger charge is -2.04. The van der Waals surface area contributed by atoms with Crippen molar-refractivity contribution in [3.8, 4) is 0 Å². The Morgan fingerprint density at radius 3 is 2.89 bits per heavy atom. The number of nitrogens with one attached hydrogen (secondary N) is 2. The summed E-state index contributed by atoms with van der Waals surface area (Å²) in [6, 6.07) is 4.54. The number of anilines is 2. The first-order valence-electron chi connectivity index (χ1n) is 5.14. The average Bonchev–Trinajstić information content (AvgIpc) is 2.78. The van der Waals surface area contributed by atoms with Gasteiger partial charge in [-0.05, 0) is 18.2 Å². The topological polar surface area (TPSA) is 66.5 Å². The van der Waals surface area contributed by atoms with E-state index in [2.05, 4.69) is 38.1 Å². The Bertz CT molecular complexity index is 711. The van der Waals surface area contributed by atoms with Crippen LogP contribution in [0.15, 0.2) is 35.5 Å². The Labute approximate surface area is 107 Å². The third-order valence-corrected chi connectivity index (χ3v) is 2.75. The van der Waals surface area contributed by atoms with Crippen LogP contribution in [-0.2, 0) is 0 Å². The van der Waals surface area contributed by atoms with Crippen LogP contribution in [0.2, 0.25) is 0 Å². The molecule has 0 unspecified atom stereocenters. The first-order valence-corrected chi connectivity index (χ1v) is 5.59. The summed E-state index contributed by atoms with van der Waals surface area (Å²) < 4.78 is 13.1. The van der Waals surface area contributed by atoms with E-state index in [1.165, 1.54) is 6.07 Å². The molecule has 90 valence electrons. The molecule has 0 aliphatic heterocycles. The number of rotatable bonds is 2. The van der Waals surface area contributed by atoms with Gasteiger partial charge in [0.25, 0.3) is 0 Å². The predicted octanol–water partition coefficient (Wildman–Crippen LogP) is 2.52. The van der Waals surface area contributed by atoms with Crippen molar-refractivity contribution >= 4 is 35.3 Å². The van der Waals surface area contributed by atoms with Gasteiger partial charge in [0.2, 0.25) is 5.65 Å². The highest BCUT2D eigenvalue weighted by Crippen LogP contribution is 2.23. The summed E-state index contributed by atoms with van der Waals surface area (Å²) in [7, 11) is 0. The Kier molecular flexibility index (Phi) is 2.60. The van der Waals surface area contributed by atoms with Gasteiger partial charge in [-0.2, -0.15) is 5.10 Å². The quantitative estimate of drug-likeness (QED) is 0.620. The van der Waals surface area contributed by atoms with Gasteiger partial charge in [0.15, 0.2) is 11.3 Å². The standard InChI is InChI=1S/C11H8FN5S/c12-7-2-1-6(5-8(7)18)15-11-9-10(16-17-11)14-4-3-13-9/h1-5,18H,(H2,14,15,16,17). The van der Waals surface area contributed by atoms with E-state index in [4.69, 9.17) is 0 Å². The van der Waals surface area contributed by atoms with Gasteiger partial charge in [-0.25, -0.2) is 14.4 Å². The van der Waals surface area contributed by atoms with Gasteiger partial charge in [-0.1, -0.05) is 0 Å². The van der Waals surface area contributed by atoms with Crippen LogP contribution in [0.4, 0.5) is 15.9 Å². The minimum absolute atomic E-state index is 0.273. The maximum Gasteiger partial charge on any atom is 0.201 e. The van der Waals surface area contributed by atoms with E-state index in [-0.39, 0.29) is 10.7 Å². The summed E-state index contributed by atoms with van der Waals surface area (Å²) in [6.45, 7) is 0. The summed E-state index contributed by atoms with van der Waals surface area (Å²) in [5.74, 6) is 0.246. The zero-order valence-electron chi connectivity index (χ0n) is 9.05. The minimum atomic E-state index is -0.363. The molecule has 0 saturated carbocycles. The first kappa shape index (κ1) is 11.0. The van der Waals surface area contributed by atoms with Crippen LogP contribution >= 0.6 is 12.6 Å². The van der Waals surface area contributed by atoms with Gasteiger partial charge in [0.1, 0.15) is 5.82 Å². The minimum Gasteiger partial charge on any atom is -0.339 e. The van der Waals surface area contributed by atoms with Gasteiger partial charge >= 0.3 is 0 Å². The number of thiol groups is 1. The smallest absolute Gasteiger partial charge is 0.201 e. The predicted molar refractivity (Wildman–Crippen MR) is 68.6 cm³/mol. The molecule has 2 aromatic heterocycles. The average molecular weight is 261 g/mol. The van der Waals surface area contributed by atoms with Crippen LogP contribution in [0.25, 0.3) is 11.2 Å². The zero-order chi connectivity index (χ0) is 12.5. The molecule has 0 fully saturated rings. The largest absolute Gasteiger partial charge is 0.339 e. The van der Waals surface area contributed by atoms with Crippen LogP contribution in [0, 0.1) is 5.82 Å². The molecule has 0 spiro atoms. The number of hydrogen-bond acceptors (Lipinski definition) is 5. The number of H-pyrrole nitrogens is 1. The molecule has 0 aliphatic carbocycles. The third-order valence-electron chi connectivity index (χ3n) is 2.40. The number of halogens is 1. The third kappa shape index (κ3) is 1.88. The molecule has 1 aromatic carbocycles. The lowest BCUT2D eigenvalue weighted by molar-refractivity contribution is 0.603. The second-order valence-corrected chi connectivity index (χ2v) is 4.10. The SMILES string of the molecule is Fc1ccc(Nc2[nH]nc3nccnc23)cc1S. The van der Waals surface area contributed by atoms with Gasteiger partial charge in [-0.3, -0.25) is 5.10 Å². The molecule has 5 nitrogen and oxygen atoms in total. The van der Waals surface area contributed by atoms with Gasteiger partial charge in [0, 0.05) is 23.0 Å². The van der Waals surface area contributed by atoms with Crippen molar-refractivity contribution in [3.63, 3.8) is 0 Å². The van der Waals surface area contributed by atoms with Crippen molar-refractivity contribution in [3.05, 3.63) is 36.4 Å². The van der Waals surface area contributed by atoms with E-state index >= 15 is 0 Å². The van der Waals surface area contributed by atoms with E-state index in [1.807, 2.05) is 0 Å². The Hall–Kier alpha value is -2.15. The number of aromatic nitrogens is 4. The van der Waals surface area contributed by atoms with E-state index < -0.39 is 0 Å². The fourth-order valence-corrected chi connectivity index (χ4v) is 1.79. The fourth-order valence-electron chi connectivity index (χ4n) is 1.57. The number of benzene rings is 1. The number of hydrogen-bond donors (Lipinski definition) is 3. The molecule has 0 aliphatic rings. The van der Waals surface area contributed by atoms with Gasteiger partial charge in [-0.15, -0.1) is 12.6 Å². The molecular weight excluding hydrogens is 253 g/mol. The highest BCUT2D eigenvalue weighted by molar-refractivity contribution is 7.80. The molecule has 2 N–H and O–H groups in total. The molecule has 0 atom stereocenters. The van der Waals surface area contributed by atoms with E-state index in [1.54, 1.807) is 24.5 Å². The Balaban J connectivity index is 1.98. The number of nitrogens with zero attached hydrogens (tertiary/aromatic N) is 3. The lowest BCUT2D eigenvalue weighted by Crippen LogP contribution is -1.93. The molecule has 0 bridgehead atoms. The molecular formula is C11H8FN5S. The fraction of sp³-hybridized carbons (Fsp3) is 0. The summed E-state index contributed by atoms with van der Waals surface area (Å²) >= 11 is 4.02. The zero-order valence-corrected chi connectivity index (χ0v) is 9.95. The van der Waals surface area contributed by atoms with E-state index in [9.17, 15) is 4.39 Å². The maximum atomic E-state index is 13.1. The lowest BCUT2D eigenvalue weighted by atomic mass is 10.3. The van der Waals surface area contributed by atoms with Crippen LogP contribution in [0.5, 0.6) is 0 Å². The van der Waals surface area contributed by atoms with Crippen molar-refractivity contribution in [2.45, 2.75) is 4.90 Å². The summed E-state index contributed by atoms with van der Waals surface area (Å²) in [6.07, 6.45) is 3.15. The molecule has 7 heteroatoms. The first-order chi connectivity index (χ1) is 8.74. The van der Waals surface area contributed by atoms with Gasteiger partial charge in [0.05, 0.1) is 0 Å². The van der Waals surface area contributed by atoms with Crippen LogP contribution < -0.4 is 5.32 Å². The van der Waals surface area contributed by atoms with Crippen molar-refractivity contribution in [2.75, 3.05) is 5.32 Å². The van der Waals surface area contributed by atoms with Crippen LogP contribution in [0.1, 0.15) is 0 Å². The molecule has 3 rings (SSSR count). The molecule has 0 amide bonds. The molecule has 2 heterocycles. The van der Waals surface area contributed by atoms with Gasteiger partial charge < -0.3 is 5.32 Å². The number of aromatic amines is 1. The molecule has 3 aromatic rings. The van der Waals surface area contributed by atoms with Crippen molar-refractivity contribution in [1.82, 2.24) is 20.2 Å². The molecule has 18 heavy (non-hydrogen) atoms. The number of fused-ring (bicyclic) bond motifs is 1. The Morgan fingerprint density at radius 2 is 2.06 bits per heavy atom. The van der Waals surface area contributed by atoms with Crippen molar-refractivity contribution < 1.29 is 4.39 Å². The normalized spacial score (nSPS) is 10.8. The van der Waals surface area contributed by atoms with Crippen molar-refractivity contribution in [1.29, 1.82) is 0 Å².